The molecule has 8 heteroatoms. The summed E-state index contributed by atoms with van der Waals surface area (Å²) >= 11 is 0. The van der Waals surface area contributed by atoms with E-state index in [0.29, 0.717) is 37.3 Å². The lowest BCUT2D eigenvalue weighted by molar-refractivity contribution is 0.0955. The van der Waals surface area contributed by atoms with Gasteiger partial charge in [-0.1, -0.05) is 62.4 Å². The second-order valence-electron chi connectivity index (χ2n) is 7.61. The van der Waals surface area contributed by atoms with Crippen molar-refractivity contribution in [3.63, 3.8) is 0 Å². The van der Waals surface area contributed by atoms with E-state index < -0.39 is 15.9 Å². The van der Waals surface area contributed by atoms with E-state index >= 15 is 0 Å². The number of benzene rings is 3. The molecule has 2 amide bonds. The molecule has 2 N–H and O–H groups in total. The zero-order valence-electron chi connectivity index (χ0n) is 19.3. The molecule has 0 heterocycles. The first-order valence-electron chi connectivity index (χ1n) is 11.2. The minimum Gasteiger partial charge on any atom is -0.352 e. The van der Waals surface area contributed by atoms with Crippen molar-refractivity contribution in [2.24, 2.45) is 0 Å². The molecule has 0 aliphatic carbocycles. The van der Waals surface area contributed by atoms with Gasteiger partial charge in [-0.3, -0.25) is 9.59 Å². The summed E-state index contributed by atoms with van der Waals surface area (Å²) in [6.45, 7) is 4.65. The maximum Gasteiger partial charge on any atom is 0.255 e. The van der Waals surface area contributed by atoms with Crippen molar-refractivity contribution < 1.29 is 18.0 Å². The van der Waals surface area contributed by atoms with E-state index in [1.54, 1.807) is 44.2 Å². The third kappa shape index (κ3) is 6.09. The molecule has 34 heavy (non-hydrogen) atoms. The minimum atomic E-state index is -3.70. The molecule has 0 aromatic heterocycles. The summed E-state index contributed by atoms with van der Waals surface area (Å²) in [5, 5.41) is 5.62. The van der Waals surface area contributed by atoms with Crippen LogP contribution in [0.2, 0.25) is 0 Å². The van der Waals surface area contributed by atoms with Crippen LogP contribution in [-0.2, 0) is 16.4 Å². The highest BCUT2D eigenvalue weighted by Crippen LogP contribution is 2.20. The SMILES string of the molecule is CCN(CC)S(=O)(=O)c1cccc(C(=O)Nc2ccccc2C(=O)NCCc2ccccc2)c1. The largest absolute Gasteiger partial charge is 0.352 e. The Kier molecular flexibility index (Phi) is 8.56. The summed E-state index contributed by atoms with van der Waals surface area (Å²) in [6, 6.07) is 22.4. The van der Waals surface area contributed by atoms with Crippen LogP contribution >= 0.6 is 0 Å². The number of para-hydroxylation sites is 1. The Balaban J connectivity index is 1.73. The summed E-state index contributed by atoms with van der Waals surface area (Å²) in [5.41, 5.74) is 1.98. The molecule has 0 saturated carbocycles. The summed E-state index contributed by atoms with van der Waals surface area (Å²) in [6.07, 6.45) is 0.689. The highest BCUT2D eigenvalue weighted by molar-refractivity contribution is 7.89. The molecule has 7 nitrogen and oxygen atoms in total. The Bertz CT molecular complexity index is 1240. The molecule has 0 atom stereocenters. The second-order valence-corrected chi connectivity index (χ2v) is 9.55. The number of hydrogen-bond donors (Lipinski definition) is 2. The number of carbonyl (C=O) groups excluding carboxylic acids is 2. The zero-order valence-corrected chi connectivity index (χ0v) is 20.1. The number of amides is 2. The highest BCUT2D eigenvalue weighted by atomic mass is 32.2. The van der Waals surface area contributed by atoms with Gasteiger partial charge in [-0.15, -0.1) is 0 Å². The average molecular weight is 480 g/mol. The van der Waals surface area contributed by atoms with Gasteiger partial charge in [-0.05, 0) is 42.3 Å². The van der Waals surface area contributed by atoms with Crippen LogP contribution in [0.5, 0.6) is 0 Å². The fraction of sp³-hybridized carbons (Fsp3) is 0.231. The van der Waals surface area contributed by atoms with Crippen molar-refractivity contribution in [1.29, 1.82) is 0 Å². The lowest BCUT2D eigenvalue weighted by atomic mass is 10.1. The molecule has 0 unspecified atom stereocenters. The van der Waals surface area contributed by atoms with Crippen molar-refractivity contribution in [1.82, 2.24) is 9.62 Å². The summed E-state index contributed by atoms with van der Waals surface area (Å²) < 4.78 is 27.0. The second kappa shape index (κ2) is 11.6. The lowest BCUT2D eigenvalue weighted by Crippen LogP contribution is -2.30. The normalized spacial score (nSPS) is 11.3. The molecule has 3 aromatic rings. The van der Waals surface area contributed by atoms with Gasteiger partial charge in [0.2, 0.25) is 10.0 Å². The van der Waals surface area contributed by atoms with Crippen LogP contribution in [0.15, 0.2) is 83.8 Å². The third-order valence-electron chi connectivity index (χ3n) is 5.40. The van der Waals surface area contributed by atoms with Crippen LogP contribution in [0.1, 0.15) is 40.1 Å². The van der Waals surface area contributed by atoms with Gasteiger partial charge >= 0.3 is 0 Å². The van der Waals surface area contributed by atoms with E-state index in [1.165, 1.54) is 22.5 Å². The van der Waals surface area contributed by atoms with Crippen LogP contribution in [0.3, 0.4) is 0 Å². The Hall–Kier alpha value is -3.49. The summed E-state index contributed by atoms with van der Waals surface area (Å²) in [5.74, 6) is -0.800. The van der Waals surface area contributed by atoms with Crippen LogP contribution < -0.4 is 10.6 Å². The first kappa shape index (κ1) is 25.1. The van der Waals surface area contributed by atoms with E-state index in [-0.39, 0.29) is 16.4 Å². The lowest BCUT2D eigenvalue weighted by Gasteiger charge is -2.18. The number of hydrogen-bond acceptors (Lipinski definition) is 4. The van der Waals surface area contributed by atoms with Gasteiger partial charge in [0.25, 0.3) is 11.8 Å². The van der Waals surface area contributed by atoms with Crippen molar-refractivity contribution >= 4 is 27.5 Å². The molecule has 0 fully saturated rings. The number of carbonyl (C=O) groups is 2. The number of sulfonamides is 1. The van der Waals surface area contributed by atoms with E-state index in [2.05, 4.69) is 10.6 Å². The van der Waals surface area contributed by atoms with E-state index in [9.17, 15) is 18.0 Å². The number of nitrogens with one attached hydrogen (secondary N) is 2. The molecule has 3 aromatic carbocycles. The van der Waals surface area contributed by atoms with Crippen LogP contribution in [0.4, 0.5) is 5.69 Å². The molecule has 3 rings (SSSR count). The minimum absolute atomic E-state index is 0.0517. The van der Waals surface area contributed by atoms with Gasteiger partial charge in [-0.2, -0.15) is 4.31 Å². The predicted octanol–water partition coefficient (Wildman–Crippen LogP) is 3.94. The number of rotatable bonds is 10. The molecule has 0 saturated heterocycles. The van der Waals surface area contributed by atoms with Gasteiger partial charge < -0.3 is 10.6 Å². The Morgan fingerprint density at radius 2 is 1.50 bits per heavy atom. The molecule has 178 valence electrons. The van der Waals surface area contributed by atoms with Crippen LogP contribution in [0, 0.1) is 0 Å². The van der Waals surface area contributed by atoms with Crippen molar-refractivity contribution in [2.45, 2.75) is 25.2 Å². The molecular formula is C26H29N3O4S. The zero-order chi connectivity index (χ0) is 24.6. The molecule has 0 spiro atoms. The van der Waals surface area contributed by atoms with E-state index in [1.807, 2.05) is 30.3 Å². The molecule has 0 radical (unpaired) electrons. The summed E-state index contributed by atoms with van der Waals surface area (Å²) in [4.78, 5) is 25.7. The Labute approximate surface area is 200 Å². The van der Waals surface area contributed by atoms with Gasteiger partial charge in [0.15, 0.2) is 0 Å². The predicted molar refractivity (Wildman–Crippen MR) is 133 cm³/mol. The Morgan fingerprint density at radius 1 is 0.824 bits per heavy atom. The van der Waals surface area contributed by atoms with Crippen LogP contribution in [0.25, 0.3) is 0 Å². The molecule has 0 aliphatic rings. The third-order valence-corrected chi connectivity index (χ3v) is 7.45. The van der Waals surface area contributed by atoms with Crippen molar-refractivity contribution in [3.05, 3.63) is 95.6 Å². The van der Waals surface area contributed by atoms with Crippen molar-refractivity contribution in [3.8, 4) is 0 Å². The molecule has 0 aliphatic heterocycles. The molecular weight excluding hydrogens is 450 g/mol. The highest BCUT2D eigenvalue weighted by Gasteiger charge is 2.23. The number of nitrogens with zero attached hydrogens (tertiary/aromatic N) is 1. The van der Waals surface area contributed by atoms with Crippen molar-refractivity contribution in [2.75, 3.05) is 25.0 Å². The van der Waals surface area contributed by atoms with Gasteiger partial charge in [-0.25, -0.2) is 8.42 Å². The Morgan fingerprint density at radius 3 is 2.21 bits per heavy atom. The van der Waals surface area contributed by atoms with E-state index in [0.717, 1.165) is 5.56 Å². The fourth-order valence-electron chi connectivity index (χ4n) is 3.56. The monoisotopic (exact) mass is 479 g/mol. The standard InChI is InChI=1S/C26H29N3O4S/c1-3-29(4-2)34(32,33)22-14-10-13-21(19-22)25(30)28-24-16-9-8-15-23(24)26(31)27-18-17-20-11-6-5-7-12-20/h5-16,19H,3-4,17-18H2,1-2H3,(H,27,31)(H,28,30). The quantitative estimate of drug-likeness (QED) is 0.460. The van der Waals surface area contributed by atoms with Gasteiger partial charge in [0.1, 0.15) is 0 Å². The van der Waals surface area contributed by atoms with Gasteiger partial charge in [0, 0.05) is 25.2 Å². The number of anilines is 1. The average Bonchev–Trinajstić information content (AvgIpc) is 2.85. The van der Waals surface area contributed by atoms with Gasteiger partial charge in [0.05, 0.1) is 16.1 Å². The molecule has 0 bridgehead atoms. The maximum atomic E-state index is 12.9. The smallest absolute Gasteiger partial charge is 0.255 e. The first-order chi connectivity index (χ1) is 16.4. The fourth-order valence-corrected chi connectivity index (χ4v) is 5.06. The summed E-state index contributed by atoms with van der Waals surface area (Å²) in [7, 11) is -3.70. The topological polar surface area (TPSA) is 95.6 Å². The first-order valence-corrected chi connectivity index (χ1v) is 12.6. The van der Waals surface area contributed by atoms with Crippen LogP contribution in [-0.4, -0.2) is 44.2 Å². The van der Waals surface area contributed by atoms with E-state index in [4.69, 9.17) is 0 Å². The maximum absolute atomic E-state index is 12.9.